The van der Waals surface area contributed by atoms with Crippen LogP contribution in [0.15, 0.2) is 16.7 Å². The Labute approximate surface area is 136 Å². The van der Waals surface area contributed by atoms with E-state index in [1.54, 1.807) is 0 Å². The maximum absolute atomic E-state index is 12.9. The number of piperidine rings is 1. The summed E-state index contributed by atoms with van der Waals surface area (Å²) in [6.45, 7) is 8.92. The number of halogens is 1. The Morgan fingerprint density at radius 1 is 1.43 bits per heavy atom. The minimum absolute atomic E-state index is 0.169. The van der Waals surface area contributed by atoms with E-state index >= 15 is 0 Å². The van der Waals surface area contributed by atoms with Gasteiger partial charge in [0, 0.05) is 30.3 Å². The molecular formula is C16H26BrN3O. The summed E-state index contributed by atoms with van der Waals surface area (Å²) in [5.41, 5.74) is 0.798. The molecule has 1 aromatic heterocycles. The fourth-order valence-corrected chi connectivity index (χ4v) is 3.46. The van der Waals surface area contributed by atoms with Gasteiger partial charge in [-0.25, -0.2) is 0 Å². The number of amides is 1. The number of carbonyl (C=O) groups is 1. The molecule has 0 saturated carbocycles. The fourth-order valence-electron chi connectivity index (χ4n) is 3.00. The SMILES string of the molecule is CCCN(CC1CCNCC1)C(=O)c1cc(Br)cn1CC. The minimum Gasteiger partial charge on any atom is -0.343 e. The molecule has 21 heavy (non-hydrogen) atoms. The van der Waals surface area contributed by atoms with Crippen LogP contribution in [0.3, 0.4) is 0 Å². The molecule has 0 bridgehead atoms. The van der Waals surface area contributed by atoms with Gasteiger partial charge in [-0.15, -0.1) is 0 Å². The zero-order chi connectivity index (χ0) is 15.2. The molecule has 2 heterocycles. The number of nitrogens with one attached hydrogen (secondary N) is 1. The molecule has 5 heteroatoms. The standard InChI is InChI=1S/C16H26BrN3O/c1-3-9-20(11-13-5-7-18-8-6-13)16(21)15-10-14(17)12-19(15)4-2/h10,12-13,18H,3-9,11H2,1-2H3. The van der Waals surface area contributed by atoms with E-state index in [-0.39, 0.29) is 5.91 Å². The van der Waals surface area contributed by atoms with E-state index in [0.29, 0.717) is 5.92 Å². The molecular weight excluding hydrogens is 330 g/mol. The van der Waals surface area contributed by atoms with Gasteiger partial charge < -0.3 is 14.8 Å². The number of aromatic nitrogens is 1. The van der Waals surface area contributed by atoms with Crippen molar-refractivity contribution in [1.29, 1.82) is 0 Å². The largest absolute Gasteiger partial charge is 0.343 e. The van der Waals surface area contributed by atoms with E-state index in [9.17, 15) is 4.79 Å². The van der Waals surface area contributed by atoms with Crippen molar-refractivity contribution in [2.24, 2.45) is 5.92 Å². The van der Waals surface area contributed by atoms with Gasteiger partial charge in [0.25, 0.3) is 5.91 Å². The highest BCUT2D eigenvalue weighted by atomic mass is 79.9. The van der Waals surface area contributed by atoms with E-state index < -0.39 is 0 Å². The first kappa shape index (κ1) is 16.6. The summed E-state index contributed by atoms with van der Waals surface area (Å²) in [5.74, 6) is 0.804. The zero-order valence-electron chi connectivity index (χ0n) is 13.1. The van der Waals surface area contributed by atoms with E-state index in [2.05, 4.69) is 35.1 Å². The molecule has 118 valence electrons. The number of rotatable bonds is 6. The maximum Gasteiger partial charge on any atom is 0.270 e. The van der Waals surface area contributed by atoms with Crippen molar-refractivity contribution in [3.05, 3.63) is 22.4 Å². The van der Waals surface area contributed by atoms with Crippen LogP contribution in [0.25, 0.3) is 0 Å². The first-order valence-corrected chi connectivity index (χ1v) is 8.80. The summed E-state index contributed by atoms with van der Waals surface area (Å²) in [7, 11) is 0. The topological polar surface area (TPSA) is 37.3 Å². The third-order valence-corrected chi connectivity index (χ3v) is 4.57. The first-order chi connectivity index (χ1) is 10.2. The van der Waals surface area contributed by atoms with Crippen molar-refractivity contribution in [2.45, 2.75) is 39.7 Å². The predicted octanol–water partition coefficient (Wildman–Crippen LogP) is 3.12. The molecule has 1 aromatic rings. The molecule has 1 fully saturated rings. The summed E-state index contributed by atoms with van der Waals surface area (Å²) in [6.07, 6.45) is 5.34. The van der Waals surface area contributed by atoms with Crippen LogP contribution in [0.2, 0.25) is 0 Å². The van der Waals surface area contributed by atoms with Crippen molar-refractivity contribution >= 4 is 21.8 Å². The molecule has 0 aliphatic carbocycles. The molecule has 1 aliphatic heterocycles. The van der Waals surface area contributed by atoms with Crippen LogP contribution in [0.4, 0.5) is 0 Å². The normalized spacial score (nSPS) is 16.1. The van der Waals surface area contributed by atoms with Crippen LogP contribution in [-0.2, 0) is 6.54 Å². The van der Waals surface area contributed by atoms with Gasteiger partial charge in [0.1, 0.15) is 5.69 Å². The van der Waals surface area contributed by atoms with Gasteiger partial charge in [-0.1, -0.05) is 6.92 Å². The van der Waals surface area contributed by atoms with Crippen molar-refractivity contribution in [3.63, 3.8) is 0 Å². The summed E-state index contributed by atoms with van der Waals surface area (Å²) in [6, 6.07) is 1.94. The van der Waals surface area contributed by atoms with E-state index in [1.165, 1.54) is 12.8 Å². The fraction of sp³-hybridized carbons (Fsp3) is 0.688. The summed E-state index contributed by atoms with van der Waals surface area (Å²) in [5, 5.41) is 3.39. The molecule has 2 rings (SSSR count). The van der Waals surface area contributed by atoms with Gasteiger partial charge in [0.15, 0.2) is 0 Å². The minimum atomic E-state index is 0.169. The lowest BCUT2D eigenvalue weighted by molar-refractivity contribution is 0.0705. The van der Waals surface area contributed by atoms with Crippen molar-refractivity contribution in [2.75, 3.05) is 26.2 Å². The Hall–Kier alpha value is -0.810. The molecule has 4 nitrogen and oxygen atoms in total. The zero-order valence-corrected chi connectivity index (χ0v) is 14.7. The van der Waals surface area contributed by atoms with Crippen molar-refractivity contribution in [3.8, 4) is 0 Å². The molecule has 1 N–H and O–H groups in total. The Bertz CT molecular complexity index is 466. The highest BCUT2D eigenvalue weighted by molar-refractivity contribution is 9.10. The Kier molecular flexibility index (Phi) is 6.30. The highest BCUT2D eigenvalue weighted by Crippen LogP contribution is 2.19. The average molecular weight is 356 g/mol. The molecule has 0 atom stereocenters. The van der Waals surface area contributed by atoms with Crippen LogP contribution in [0.1, 0.15) is 43.6 Å². The molecule has 0 aromatic carbocycles. The lowest BCUT2D eigenvalue weighted by Gasteiger charge is -2.30. The van der Waals surface area contributed by atoms with Crippen LogP contribution >= 0.6 is 15.9 Å². The predicted molar refractivity (Wildman–Crippen MR) is 89.6 cm³/mol. The van der Waals surface area contributed by atoms with Gasteiger partial charge in [-0.05, 0) is 67.2 Å². The number of carbonyl (C=O) groups excluding carboxylic acids is 1. The molecule has 0 radical (unpaired) electrons. The van der Waals surface area contributed by atoms with Gasteiger partial charge in [-0.2, -0.15) is 0 Å². The Morgan fingerprint density at radius 2 is 2.14 bits per heavy atom. The van der Waals surface area contributed by atoms with Gasteiger partial charge >= 0.3 is 0 Å². The molecule has 1 amide bonds. The molecule has 0 spiro atoms. The van der Waals surface area contributed by atoms with Crippen molar-refractivity contribution < 1.29 is 4.79 Å². The number of nitrogens with zero attached hydrogens (tertiary/aromatic N) is 2. The summed E-state index contributed by atoms with van der Waals surface area (Å²) < 4.78 is 3.00. The van der Waals surface area contributed by atoms with Gasteiger partial charge in [0.05, 0.1) is 0 Å². The van der Waals surface area contributed by atoms with Gasteiger partial charge in [0.2, 0.25) is 0 Å². The van der Waals surface area contributed by atoms with Gasteiger partial charge in [-0.3, -0.25) is 4.79 Å². The second-order valence-corrected chi connectivity index (χ2v) is 6.69. The molecule has 1 saturated heterocycles. The number of aryl methyl sites for hydroxylation is 1. The lowest BCUT2D eigenvalue weighted by Crippen LogP contribution is -2.40. The second-order valence-electron chi connectivity index (χ2n) is 5.77. The quantitative estimate of drug-likeness (QED) is 0.850. The van der Waals surface area contributed by atoms with Crippen molar-refractivity contribution in [1.82, 2.24) is 14.8 Å². The van der Waals surface area contributed by atoms with Crippen LogP contribution in [0.5, 0.6) is 0 Å². The smallest absolute Gasteiger partial charge is 0.270 e. The highest BCUT2D eigenvalue weighted by Gasteiger charge is 2.23. The third-order valence-electron chi connectivity index (χ3n) is 4.14. The summed E-state index contributed by atoms with van der Waals surface area (Å²) in [4.78, 5) is 14.9. The average Bonchev–Trinajstić information content (AvgIpc) is 2.88. The lowest BCUT2D eigenvalue weighted by atomic mass is 9.97. The van der Waals surface area contributed by atoms with E-state index in [0.717, 1.165) is 49.3 Å². The third kappa shape index (κ3) is 4.33. The first-order valence-electron chi connectivity index (χ1n) is 8.01. The maximum atomic E-state index is 12.9. The number of hydrogen-bond donors (Lipinski definition) is 1. The monoisotopic (exact) mass is 355 g/mol. The van der Waals surface area contributed by atoms with Crippen LogP contribution in [0, 0.1) is 5.92 Å². The van der Waals surface area contributed by atoms with Crippen LogP contribution in [-0.4, -0.2) is 41.6 Å². The molecule has 0 unspecified atom stereocenters. The van der Waals surface area contributed by atoms with E-state index in [4.69, 9.17) is 0 Å². The Morgan fingerprint density at radius 3 is 2.76 bits per heavy atom. The molecule has 1 aliphatic rings. The van der Waals surface area contributed by atoms with Crippen LogP contribution < -0.4 is 5.32 Å². The summed E-state index contributed by atoms with van der Waals surface area (Å²) >= 11 is 3.48. The van der Waals surface area contributed by atoms with E-state index in [1.807, 2.05) is 21.7 Å². The second kappa shape index (κ2) is 7.99. The number of hydrogen-bond acceptors (Lipinski definition) is 2. The Balaban J connectivity index is 2.10.